The van der Waals surface area contributed by atoms with Crippen molar-refractivity contribution in [2.24, 2.45) is 11.7 Å². The smallest absolute Gasteiger partial charge is 0.228 e. The number of benzene rings is 1. The molecule has 0 bridgehead atoms. The van der Waals surface area contributed by atoms with Crippen molar-refractivity contribution in [2.45, 2.75) is 31.7 Å². The highest BCUT2D eigenvalue weighted by Gasteiger charge is 2.27. The van der Waals surface area contributed by atoms with Gasteiger partial charge in [0.15, 0.2) is 0 Å². The minimum atomic E-state index is 0.0533. The number of nitrogens with zero attached hydrogens (tertiary/aromatic N) is 2. The number of hydrogen-bond donors (Lipinski definition) is 2. The Morgan fingerprint density at radius 3 is 2.86 bits per heavy atom. The van der Waals surface area contributed by atoms with E-state index in [0.29, 0.717) is 24.7 Å². The van der Waals surface area contributed by atoms with Gasteiger partial charge in [0.2, 0.25) is 17.6 Å². The van der Waals surface area contributed by atoms with Crippen LogP contribution in [0.25, 0.3) is 11.4 Å². The van der Waals surface area contributed by atoms with Crippen molar-refractivity contribution in [3.63, 3.8) is 0 Å². The fraction of sp³-hybridized carbons (Fsp3) is 0.438. The van der Waals surface area contributed by atoms with Gasteiger partial charge in [0.25, 0.3) is 0 Å². The molecule has 1 aliphatic rings. The summed E-state index contributed by atoms with van der Waals surface area (Å²) in [6, 6.07) is 9.82. The molecule has 0 saturated heterocycles. The maximum atomic E-state index is 12.0. The second-order valence-corrected chi connectivity index (χ2v) is 5.69. The number of rotatable bonds is 5. The third kappa shape index (κ3) is 3.51. The van der Waals surface area contributed by atoms with Gasteiger partial charge in [-0.1, -0.05) is 35.5 Å². The second-order valence-electron chi connectivity index (χ2n) is 5.69. The summed E-state index contributed by atoms with van der Waals surface area (Å²) < 4.78 is 5.21. The molecule has 1 saturated carbocycles. The van der Waals surface area contributed by atoms with E-state index in [1.807, 2.05) is 30.3 Å². The van der Waals surface area contributed by atoms with E-state index < -0.39 is 0 Å². The van der Waals surface area contributed by atoms with Crippen LogP contribution in [0.4, 0.5) is 0 Å². The summed E-state index contributed by atoms with van der Waals surface area (Å²) in [4.78, 5) is 16.3. The van der Waals surface area contributed by atoms with Gasteiger partial charge >= 0.3 is 0 Å². The molecule has 3 N–H and O–H groups in total. The molecule has 2 unspecified atom stereocenters. The molecular formula is C16H20N4O2. The van der Waals surface area contributed by atoms with Crippen LogP contribution in [0.5, 0.6) is 0 Å². The Kier molecular flexibility index (Phi) is 4.48. The molecule has 1 fully saturated rings. The Morgan fingerprint density at radius 1 is 1.32 bits per heavy atom. The summed E-state index contributed by atoms with van der Waals surface area (Å²) >= 11 is 0. The summed E-state index contributed by atoms with van der Waals surface area (Å²) in [5, 5.41) is 6.88. The lowest BCUT2D eigenvalue weighted by Gasteiger charge is -2.09. The lowest BCUT2D eigenvalue weighted by atomic mass is 10.1. The third-order valence-corrected chi connectivity index (χ3v) is 3.98. The highest BCUT2D eigenvalue weighted by molar-refractivity contribution is 5.78. The first-order valence-electron chi connectivity index (χ1n) is 7.63. The van der Waals surface area contributed by atoms with E-state index in [4.69, 9.17) is 10.3 Å². The zero-order valence-electron chi connectivity index (χ0n) is 12.4. The molecule has 2 atom stereocenters. The van der Waals surface area contributed by atoms with E-state index in [2.05, 4.69) is 15.5 Å². The zero-order chi connectivity index (χ0) is 15.4. The standard InChI is InChI=1S/C16H20N4O2/c17-13-7-6-12(10-13)16(21)18-9-8-14-19-15(20-22-14)11-4-2-1-3-5-11/h1-5,12-13H,6-10,17H2,(H,18,21). The van der Waals surface area contributed by atoms with E-state index in [9.17, 15) is 4.79 Å². The molecule has 1 amide bonds. The van der Waals surface area contributed by atoms with Gasteiger partial charge in [-0.15, -0.1) is 0 Å². The van der Waals surface area contributed by atoms with Crippen LogP contribution in [0.1, 0.15) is 25.2 Å². The molecule has 2 aromatic rings. The van der Waals surface area contributed by atoms with Gasteiger partial charge in [0.1, 0.15) is 0 Å². The molecule has 1 aromatic carbocycles. The predicted molar refractivity (Wildman–Crippen MR) is 81.8 cm³/mol. The van der Waals surface area contributed by atoms with E-state index in [1.165, 1.54) is 0 Å². The van der Waals surface area contributed by atoms with Crippen molar-refractivity contribution in [1.82, 2.24) is 15.5 Å². The molecule has 6 heteroatoms. The average molecular weight is 300 g/mol. The average Bonchev–Trinajstić information content (AvgIpc) is 3.17. The van der Waals surface area contributed by atoms with Crippen LogP contribution in [-0.2, 0) is 11.2 Å². The molecule has 6 nitrogen and oxygen atoms in total. The molecule has 0 aliphatic heterocycles. The van der Waals surface area contributed by atoms with Crippen molar-refractivity contribution in [3.8, 4) is 11.4 Å². The fourth-order valence-electron chi connectivity index (χ4n) is 2.75. The quantitative estimate of drug-likeness (QED) is 0.873. The molecule has 116 valence electrons. The van der Waals surface area contributed by atoms with E-state index in [-0.39, 0.29) is 17.9 Å². The largest absolute Gasteiger partial charge is 0.355 e. The molecule has 3 rings (SSSR count). The van der Waals surface area contributed by atoms with Crippen LogP contribution >= 0.6 is 0 Å². The van der Waals surface area contributed by atoms with Crippen molar-refractivity contribution >= 4 is 5.91 Å². The highest BCUT2D eigenvalue weighted by Crippen LogP contribution is 2.24. The molecule has 0 spiro atoms. The summed E-state index contributed by atoms with van der Waals surface area (Å²) in [5.74, 6) is 1.24. The number of hydrogen-bond acceptors (Lipinski definition) is 5. The normalized spacial score (nSPS) is 21.0. The number of nitrogens with two attached hydrogens (primary N) is 1. The Morgan fingerprint density at radius 2 is 2.14 bits per heavy atom. The third-order valence-electron chi connectivity index (χ3n) is 3.98. The lowest BCUT2D eigenvalue weighted by Crippen LogP contribution is -2.31. The highest BCUT2D eigenvalue weighted by atomic mass is 16.5. The topological polar surface area (TPSA) is 94.0 Å². The Bertz CT molecular complexity index is 626. The molecule has 1 aliphatic carbocycles. The number of nitrogens with one attached hydrogen (secondary N) is 1. The summed E-state index contributed by atoms with van der Waals surface area (Å²) in [7, 11) is 0. The first kappa shape index (κ1) is 14.7. The van der Waals surface area contributed by atoms with E-state index >= 15 is 0 Å². The second kappa shape index (κ2) is 6.70. The van der Waals surface area contributed by atoms with Crippen LogP contribution in [-0.4, -0.2) is 28.6 Å². The molecule has 0 radical (unpaired) electrons. The summed E-state index contributed by atoms with van der Waals surface area (Å²) in [6.07, 6.45) is 3.13. The minimum absolute atomic E-state index is 0.0533. The summed E-state index contributed by atoms with van der Waals surface area (Å²) in [6.45, 7) is 0.501. The minimum Gasteiger partial charge on any atom is -0.355 e. The molecule has 1 heterocycles. The van der Waals surface area contributed by atoms with Crippen molar-refractivity contribution in [1.29, 1.82) is 0 Å². The van der Waals surface area contributed by atoms with Crippen LogP contribution < -0.4 is 11.1 Å². The number of amides is 1. The number of aromatic nitrogens is 2. The van der Waals surface area contributed by atoms with Crippen molar-refractivity contribution in [3.05, 3.63) is 36.2 Å². The van der Waals surface area contributed by atoms with Crippen LogP contribution in [0.3, 0.4) is 0 Å². The number of carbonyl (C=O) groups excluding carboxylic acids is 1. The van der Waals surface area contributed by atoms with Gasteiger partial charge in [-0.05, 0) is 19.3 Å². The first-order chi connectivity index (χ1) is 10.7. The van der Waals surface area contributed by atoms with Gasteiger partial charge in [-0.3, -0.25) is 4.79 Å². The summed E-state index contributed by atoms with van der Waals surface area (Å²) in [5.41, 5.74) is 6.75. The van der Waals surface area contributed by atoms with Crippen molar-refractivity contribution < 1.29 is 9.32 Å². The Labute approximate surface area is 129 Å². The van der Waals surface area contributed by atoms with Gasteiger partial charge in [0.05, 0.1) is 0 Å². The Balaban J connectivity index is 1.48. The molecular weight excluding hydrogens is 280 g/mol. The van der Waals surface area contributed by atoms with Gasteiger partial charge in [0, 0.05) is 30.5 Å². The fourth-order valence-corrected chi connectivity index (χ4v) is 2.75. The van der Waals surface area contributed by atoms with E-state index in [1.54, 1.807) is 0 Å². The monoisotopic (exact) mass is 300 g/mol. The van der Waals surface area contributed by atoms with Crippen LogP contribution in [0.15, 0.2) is 34.9 Å². The van der Waals surface area contributed by atoms with Gasteiger partial charge < -0.3 is 15.6 Å². The van der Waals surface area contributed by atoms with E-state index in [0.717, 1.165) is 24.8 Å². The van der Waals surface area contributed by atoms with Gasteiger partial charge in [-0.2, -0.15) is 4.98 Å². The molecule has 1 aromatic heterocycles. The van der Waals surface area contributed by atoms with Crippen LogP contribution in [0.2, 0.25) is 0 Å². The zero-order valence-corrected chi connectivity index (χ0v) is 12.4. The maximum Gasteiger partial charge on any atom is 0.228 e. The van der Waals surface area contributed by atoms with Gasteiger partial charge in [-0.25, -0.2) is 0 Å². The lowest BCUT2D eigenvalue weighted by molar-refractivity contribution is -0.124. The van der Waals surface area contributed by atoms with Crippen molar-refractivity contribution in [2.75, 3.05) is 6.54 Å². The predicted octanol–water partition coefficient (Wildman–Crippen LogP) is 1.52. The number of carbonyl (C=O) groups is 1. The molecule has 22 heavy (non-hydrogen) atoms. The Hall–Kier alpha value is -2.21. The maximum absolute atomic E-state index is 12.0. The van der Waals surface area contributed by atoms with Crippen LogP contribution in [0, 0.1) is 5.92 Å². The SMILES string of the molecule is NC1CCC(C(=O)NCCc2nc(-c3ccccc3)no2)C1. The first-order valence-corrected chi connectivity index (χ1v) is 7.63.